The molecule has 0 atom stereocenters. The van der Waals surface area contributed by atoms with Gasteiger partial charge in [0.25, 0.3) is 0 Å². The van der Waals surface area contributed by atoms with Crippen molar-refractivity contribution in [2.45, 2.75) is 39.2 Å². The molecule has 0 amide bonds. The highest BCUT2D eigenvalue weighted by Crippen LogP contribution is 2.29. The molecule has 5 nitrogen and oxygen atoms in total. The van der Waals surface area contributed by atoms with Gasteiger partial charge >= 0.3 is 6.15 Å². The third-order valence-electron chi connectivity index (χ3n) is 3.85. The molecule has 0 radical (unpaired) electrons. The van der Waals surface area contributed by atoms with Gasteiger partial charge in [0.15, 0.2) is 0 Å². The summed E-state index contributed by atoms with van der Waals surface area (Å²) in [6, 6.07) is 4.14. The number of hydrogen-bond donors (Lipinski definition) is 0. The SMILES string of the molecule is Cc1ccc(-c2cnn(CC3CCCC3)c2)c(Br)n1.O=C=O. The van der Waals surface area contributed by atoms with Crippen LogP contribution in [0.3, 0.4) is 0 Å². The Morgan fingerprint density at radius 3 is 2.64 bits per heavy atom. The van der Waals surface area contributed by atoms with Gasteiger partial charge < -0.3 is 0 Å². The summed E-state index contributed by atoms with van der Waals surface area (Å²) < 4.78 is 2.98. The van der Waals surface area contributed by atoms with Crippen LogP contribution >= 0.6 is 15.9 Å². The molecule has 1 fully saturated rings. The lowest BCUT2D eigenvalue weighted by Crippen LogP contribution is -2.07. The van der Waals surface area contributed by atoms with E-state index in [0.29, 0.717) is 0 Å². The Labute approximate surface area is 137 Å². The van der Waals surface area contributed by atoms with Crippen molar-refractivity contribution in [3.63, 3.8) is 0 Å². The fraction of sp³-hybridized carbons (Fsp3) is 0.438. The largest absolute Gasteiger partial charge is 0.373 e. The van der Waals surface area contributed by atoms with Crippen LogP contribution in [0.1, 0.15) is 31.4 Å². The molecule has 116 valence electrons. The summed E-state index contributed by atoms with van der Waals surface area (Å²) in [6.45, 7) is 3.05. The standard InChI is InChI=1S/C15H18BrN3.CO2/c1-11-6-7-14(15(16)18-11)13-8-17-19(10-13)9-12-4-2-3-5-12;2-1-3/h6-8,10,12H,2-5,9H2,1H3;. The maximum atomic E-state index is 8.12. The van der Waals surface area contributed by atoms with Crippen molar-refractivity contribution in [2.75, 3.05) is 0 Å². The van der Waals surface area contributed by atoms with Crippen LogP contribution in [0.15, 0.2) is 29.1 Å². The Morgan fingerprint density at radius 1 is 1.32 bits per heavy atom. The Hall–Kier alpha value is -1.78. The maximum Gasteiger partial charge on any atom is 0.373 e. The minimum absolute atomic E-state index is 0.250. The number of aromatic nitrogens is 3. The molecule has 2 heterocycles. The van der Waals surface area contributed by atoms with E-state index in [1.807, 2.05) is 19.2 Å². The van der Waals surface area contributed by atoms with E-state index in [2.05, 4.69) is 43.0 Å². The summed E-state index contributed by atoms with van der Waals surface area (Å²) >= 11 is 3.53. The zero-order chi connectivity index (χ0) is 15.9. The van der Waals surface area contributed by atoms with Crippen LogP contribution in [-0.4, -0.2) is 20.9 Å². The van der Waals surface area contributed by atoms with Gasteiger partial charge in [-0.25, -0.2) is 4.98 Å². The van der Waals surface area contributed by atoms with Crippen LogP contribution in [0.4, 0.5) is 0 Å². The van der Waals surface area contributed by atoms with E-state index in [9.17, 15) is 0 Å². The van der Waals surface area contributed by atoms with Crippen LogP contribution in [0.5, 0.6) is 0 Å². The molecule has 6 heteroatoms. The summed E-state index contributed by atoms with van der Waals surface area (Å²) in [5.41, 5.74) is 3.27. The van der Waals surface area contributed by atoms with Crippen LogP contribution in [-0.2, 0) is 16.1 Å². The van der Waals surface area contributed by atoms with Crippen molar-refractivity contribution in [3.05, 3.63) is 34.8 Å². The lowest BCUT2D eigenvalue weighted by atomic mass is 10.1. The highest BCUT2D eigenvalue weighted by molar-refractivity contribution is 9.10. The third-order valence-corrected chi connectivity index (χ3v) is 4.46. The molecule has 3 rings (SSSR count). The average molecular weight is 364 g/mol. The third kappa shape index (κ3) is 4.36. The number of nitrogens with zero attached hydrogens (tertiary/aromatic N) is 3. The van der Waals surface area contributed by atoms with E-state index in [-0.39, 0.29) is 6.15 Å². The minimum atomic E-state index is 0.250. The van der Waals surface area contributed by atoms with Gasteiger partial charge in [0.1, 0.15) is 4.60 Å². The van der Waals surface area contributed by atoms with Crippen LogP contribution in [0.25, 0.3) is 11.1 Å². The van der Waals surface area contributed by atoms with Gasteiger partial charge in [-0.1, -0.05) is 12.8 Å². The number of aryl methyl sites for hydroxylation is 1. The molecule has 0 aliphatic heterocycles. The molecule has 22 heavy (non-hydrogen) atoms. The maximum absolute atomic E-state index is 8.12. The number of pyridine rings is 1. The highest BCUT2D eigenvalue weighted by atomic mass is 79.9. The van der Waals surface area contributed by atoms with Gasteiger partial charge in [-0.15, -0.1) is 0 Å². The predicted molar refractivity (Wildman–Crippen MR) is 84.9 cm³/mol. The minimum Gasteiger partial charge on any atom is -0.272 e. The van der Waals surface area contributed by atoms with Crippen molar-refractivity contribution < 1.29 is 9.59 Å². The van der Waals surface area contributed by atoms with Gasteiger partial charge in [0.05, 0.1) is 6.20 Å². The molecule has 1 aliphatic carbocycles. The van der Waals surface area contributed by atoms with Crippen molar-refractivity contribution in [1.29, 1.82) is 0 Å². The van der Waals surface area contributed by atoms with Crippen molar-refractivity contribution in [1.82, 2.24) is 14.8 Å². The van der Waals surface area contributed by atoms with E-state index in [4.69, 9.17) is 9.59 Å². The van der Waals surface area contributed by atoms with Gasteiger partial charge in [-0.05, 0) is 53.7 Å². The fourth-order valence-electron chi connectivity index (χ4n) is 2.80. The Balaban J connectivity index is 0.000000545. The van der Waals surface area contributed by atoms with E-state index in [0.717, 1.165) is 33.9 Å². The molecule has 0 bridgehead atoms. The highest BCUT2D eigenvalue weighted by Gasteiger charge is 2.16. The molecule has 0 N–H and O–H groups in total. The van der Waals surface area contributed by atoms with Crippen molar-refractivity contribution in [2.24, 2.45) is 5.92 Å². The fourth-order valence-corrected chi connectivity index (χ4v) is 3.44. The lowest BCUT2D eigenvalue weighted by molar-refractivity contribution is -0.191. The molecule has 1 aliphatic rings. The molecule has 0 unspecified atom stereocenters. The summed E-state index contributed by atoms with van der Waals surface area (Å²) in [7, 11) is 0. The first kappa shape index (κ1) is 16.6. The normalized spacial score (nSPS) is 14.3. The molecule has 0 saturated heterocycles. The molecule has 2 aromatic rings. The number of halogens is 1. The second kappa shape index (κ2) is 8.01. The first-order chi connectivity index (χ1) is 10.6. The zero-order valence-electron chi connectivity index (χ0n) is 12.5. The van der Waals surface area contributed by atoms with E-state index >= 15 is 0 Å². The van der Waals surface area contributed by atoms with Gasteiger partial charge in [0, 0.05) is 29.6 Å². The smallest absolute Gasteiger partial charge is 0.272 e. The first-order valence-corrected chi connectivity index (χ1v) is 8.08. The molecule has 2 aromatic heterocycles. The second-order valence-electron chi connectivity index (χ2n) is 5.48. The Kier molecular flexibility index (Phi) is 6.04. The first-order valence-electron chi connectivity index (χ1n) is 7.29. The van der Waals surface area contributed by atoms with Gasteiger partial charge in [-0.3, -0.25) is 4.68 Å². The number of carbonyl (C=O) groups excluding carboxylic acids is 2. The molecule has 0 aromatic carbocycles. The molecular formula is C16H18BrN3O2. The quantitative estimate of drug-likeness (QED) is 0.781. The van der Waals surface area contributed by atoms with E-state index in [1.54, 1.807) is 0 Å². The average Bonchev–Trinajstić information content (AvgIpc) is 3.12. The predicted octanol–water partition coefficient (Wildman–Crippen LogP) is 3.62. The van der Waals surface area contributed by atoms with Crippen molar-refractivity contribution in [3.8, 4) is 11.1 Å². The van der Waals surface area contributed by atoms with Crippen LogP contribution < -0.4 is 0 Å². The number of hydrogen-bond acceptors (Lipinski definition) is 4. The van der Waals surface area contributed by atoms with Crippen molar-refractivity contribution >= 4 is 22.1 Å². The summed E-state index contributed by atoms with van der Waals surface area (Å²) in [4.78, 5) is 20.7. The summed E-state index contributed by atoms with van der Waals surface area (Å²) in [6.07, 6.45) is 9.79. The topological polar surface area (TPSA) is 64.8 Å². The molecule has 0 spiro atoms. The summed E-state index contributed by atoms with van der Waals surface area (Å²) in [5.74, 6) is 0.812. The Morgan fingerprint density at radius 2 is 2.00 bits per heavy atom. The van der Waals surface area contributed by atoms with Gasteiger partial charge in [0.2, 0.25) is 0 Å². The second-order valence-corrected chi connectivity index (χ2v) is 6.23. The van der Waals surface area contributed by atoms with Gasteiger partial charge in [-0.2, -0.15) is 14.7 Å². The van der Waals surface area contributed by atoms with Crippen LogP contribution in [0, 0.1) is 12.8 Å². The molecule has 1 saturated carbocycles. The van der Waals surface area contributed by atoms with E-state index in [1.165, 1.54) is 25.7 Å². The zero-order valence-corrected chi connectivity index (χ0v) is 14.0. The summed E-state index contributed by atoms with van der Waals surface area (Å²) in [5, 5.41) is 4.49. The van der Waals surface area contributed by atoms with Crippen LogP contribution in [0.2, 0.25) is 0 Å². The molecular weight excluding hydrogens is 346 g/mol. The number of rotatable bonds is 3. The monoisotopic (exact) mass is 363 g/mol. The Bertz CT molecular complexity index is 657. The van der Waals surface area contributed by atoms with E-state index < -0.39 is 0 Å². The lowest BCUT2D eigenvalue weighted by Gasteiger charge is -2.08.